The van der Waals surface area contributed by atoms with Gasteiger partial charge in [-0.1, -0.05) is 140 Å². The molecule has 1 aliphatic rings. The molecule has 0 fully saturated rings. The molecule has 0 radical (unpaired) electrons. The summed E-state index contributed by atoms with van der Waals surface area (Å²) in [5.41, 5.74) is 14.2. The highest BCUT2D eigenvalue weighted by Crippen LogP contribution is 2.39. The molecule has 0 atom stereocenters. The fourth-order valence-corrected chi connectivity index (χ4v) is 8.57. The smallest absolute Gasteiger partial charge is 0.156 e. The average Bonchev–Trinajstić information content (AvgIpc) is 3.80. The Hall–Kier alpha value is -7.30. The zero-order valence-corrected chi connectivity index (χ0v) is 30.7. The van der Waals surface area contributed by atoms with Crippen molar-refractivity contribution in [1.29, 1.82) is 0 Å². The lowest BCUT2D eigenvalue weighted by molar-refractivity contribution is 1.01. The van der Waals surface area contributed by atoms with Crippen molar-refractivity contribution in [3.63, 3.8) is 0 Å². The molecular weight excluding hydrogens is 681 g/mol. The fourth-order valence-electron chi connectivity index (χ4n) is 8.57. The standard InChI is InChI=1S/C52H36N4/c1-3-16-35(17-4-1)37-20-15-21-38(30-37)46-34-47(54-52(53-46)36-18-5-2-6-19-36)39-31-40(55-48-26-11-7-22-42(48)43-23-8-12-27-49(43)55)33-41(32-39)56-50-28-13-9-24-44(50)45-25-10-14-29-51(45)56/h1-5,7-18,20-34H,6,19H2. The van der Waals surface area contributed by atoms with Crippen molar-refractivity contribution in [3.05, 3.63) is 200 Å². The van der Waals surface area contributed by atoms with Crippen molar-refractivity contribution in [1.82, 2.24) is 19.1 Å². The summed E-state index contributed by atoms with van der Waals surface area (Å²) in [6.45, 7) is 0. The summed E-state index contributed by atoms with van der Waals surface area (Å²) >= 11 is 0. The van der Waals surface area contributed by atoms with Crippen molar-refractivity contribution in [3.8, 4) is 45.0 Å². The predicted molar refractivity (Wildman–Crippen MR) is 233 cm³/mol. The molecule has 4 nitrogen and oxygen atoms in total. The number of hydrogen-bond acceptors (Lipinski definition) is 2. The molecule has 0 saturated heterocycles. The van der Waals surface area contributed by atoms with Crippen LogP contribution in [-0.4, -0.2) is 19.1 Å². The second kappa shape index (κ2) is 13.2. The highest BCUT2D eigenvalue weighted by molar-refractivity contribution is 6.10. The van der Waals surface area contributed by atoms with Crippen LogP contribution in [0.25, 0.3) is 94.2 Å². The molecule has 0 unspecified atom stereocenters. The molecule has 264 valence electrons. The van der Waals surface area contributed by atoms with E-state index in [1.165, 1.54) is 49.2 Å². The van der Waals surface area contributed by atoms with Gasteiger partial charge in [0.05, 0.1) is 33.5 Å². The Bertz CT molecular complexity index is 2960. The summed E-state index contributed by atoms with van der Waals surface area (Å²) in [4.78, 5) is 10.7. The third kappa shape index (κ3) is 5.38. The molecular formula is C52H36N4. The van der Waals surface area contributed by atoms with Crippen molar-refractivity contribution < 1.29 is 0 Å². The van der Waals surface area contributed by atoms with Crippen LogP contribution in [-0.2, 0) is 0 Å². The zero-order valence-electron chi connectivity index (χ0n) is 30.7. The number of nitrogens with zero attached hydrogens (tertiary/aromatic N) is 4. The van der Waals surface area contributed by atoms with Crippen LogP contribution in [0.4, 0.5) is 0 Å². The fraction of sp³-hybridized carbons (Fsp3) is 0.0385. The molecule has 0 spiro atoms. The Morgan fingerprint density at radius 2 is 0.875 bits per heavy atom. The molecule has 1 aliphatic carbocycles. The van der Waals surface area contributed by atoms with E-state index in [0.717, 1.165) is 63.7 Å². The van der Waals surface area contributed by atoms with Gasteiger partial charge in [-0.3, -0.25) is 0 Å². The van der Waals surface area contributed by atoms with Gasteiger partial charge in [-0.25, -0.2) is 9.97 Å². The SMILES string of the molecule is C1=CCCC(c2nc(-c3cccc(-c4ccccc4)c3)cc(-c3cc(-n4c5ccccc5c5ccccc54)cc(-n4c5ccccc5c5ccccc54)c3)n2)=C1. The largest absolute Gasteiger partial charge is 0.309 e. The second-order valence-electron chi connectivity index (χ2n) is 14.5. The van der Waals surface area contributed by atoms with E-state index in [4.69, 9.17) is 9.97 Å². The maximum Gasteiger partial charge on any atom is 0.156 e. The summed E-state index contributed by atoms with van der Waals surface area (Å²) < 4.78 is 4.82. The van der Waals surface area contributed by atoms with E-state index in [2.05, 4.69) is 203 Å². The maximum atomic E-state index is 5.40. The molecule has 3 heterocycles. The van der Waals surface area contributed by atoms with Gasteiger partial charge in [0.25, 0.3) is 0 Å². The highest BCUT2D eigenvalue weighted by Gasteiger charge is 2.19. The van der Waals surface area contributed by atoms with E-state index in [9.17, 15) is 0 Å². The Morgan fingerprint density at radius 3 is 1.41 bits per heavy atom. The zero-order chi connectivity index (χ0) is 37.0. The Morgan fingerprint density at radius 1 is 0.393 bits per heavy atom. The lowest BCUT2D eigenvalue weighted by atomic mass is 9.99. The molecule has 0 amide bonds. The molecule has 0 saturated carbocycles. The van der Waals surface area contributed by atoms with Crippen molar-refractivity contribution >= 4 is 49.2 Å². The van der Waals surface area contributed by atoms with Gasteiger partial charge in [0.2, 0.25) is 0 Å². The van der Waals surface area contributed by atoms with Crippen molar-refractivity contribution in [2.45, 2.75) is 12.8 Å². The first-order valence-corrected chi connectivity index (χ1v) is 19.3. The molecule has 0 N–H and O–H groups in total. The highest BCUT2D eigenvalue weighted by atomic mass is 15.0. The monoisotopic (exact) mass is 716 g/mol. The number of aromatic nitrogens is 4. The molecule has 7 aromatic carbocycles. The van der Waals surface area contributed by atoms with E-state index in [0.29, 0.717) is 0 Å². The summed E-state index contributed by atoms with van der Waals surface area (Å²) in [5, 5.41) is 4.92. The molecule has 4 heteroatoms. The molecule has 0 bridgehead atoms. The van der Waals surface area contributed by atoms with E-state index in [1.807, 2.05) is 0 Å². The first-order chi connectivity index (χ1) is 27.8. The van der Waals surface area contributed by atoms with Crippen LogP contribution in [0.2, 0.25) is 0 Å². The molecule has 56 heavy (non-hydrogen) atoms. The minimum absolute atomic E-state index is 0.771. The normalized spacial score (nSPS) is 12.9. The van der Waals surface area contributed by atoms with Crippen LogP contribution in [0.1, 0.15) is 18.7 Å². The van der Waals surface area contributed by atoms with Gasteiger partial charge in [-0.15, -0.1) is 0 Å². The van der Waals surface area contributed by atoms with Gasteiger partial charge in [0.15, 0.2) is 5.82 Å². The van der Waals surface area contributed by atoms with Gasteiger partial charge in [-0.05, 0) is 84.1 Å². The molecule has 11 rings (SSSR count). The molecule has 0 aliphatic heterocycles. The number of allylic oxidation sites excluding steroid dienone is 4. The maximum absolute atomic E-state index is 5.40. The van der Waals surface area contributed by atoms with Gasteiger partial charge >= 0.3 is 0 Å². The number of benzene rings is 7. The van der Waals surface area contributed by atoms with Crippen LogP contribution in [0.5, 0.6) is 0 Å². The first-order valence-electron chi connectivity index (χ1n) is 19.3. The van der Waals surface area contributed by atoms with Crippen LogP contribution in [0.3, 0.4) is 0 Å². The molecule has 3 aromatic heterocycles. The number of fused-ring (bicyclic) bond motifs is 6. The number of rotatable bonds is 6. The summed E-state index contributed by atoms with van der Waals surface area (Å²) in [6, 6.07) is 63.3. The summed E-state index contributed by atoms with van der Waals surface area (Å²) in [7, 11) is 0. The lowest BCUT2D eigenvalue weighted by Crippen LogP contribution is -2.03. The molecule has 10 aromatic rings. The predicted octanol–water partition coefficient (Wildman–Crippen LogP) is 13.4. The number of para-hydroxylation sites is 4. The van der Waals surface area contributed by atoms with E-state index in [1.54, 1.807) is 0 Å². The lowest BCUT2D eigenvalue weighted by Gasteiger charge is -2.17. The van der Waals surface area contributed by atoms with Crippen molar-refractivity contribution in [2.75, 3.05) is 0 Å². The van der Waals surface area contributed by atoms with Crippen LogP contribution in [0, 0.1) is 0 Å². The Balaban J connectivity index is 1.20. The first kappa shape index (κ1) is 32.2. The van der Waals surface area contributed by atoms with E-state index >= 15 is 0 Å². The summed E-state index contributed by atoms with van der Waals surface area (Å²) in [6.07, 6.45) is 8.39. The van der Waals surface area contributed by atoms with E-state index in [-0.39, 0.29) is 0 Å². The van der Waals surface area contributed by atoms with Crippen LogP contribution < -0.4 is 0 Å². The topological polar surface area (TPSA) is 35.6 Å². The van der Waals surface area contributed by atoms with Gasteiger partial charge in [0, 0.05) is 44.0 Å². The van der Waals surface area contributed by atoms with Gasteiger partial charge in [-0.2, -0.15) is 0 Å². The number of hydrogen-bond donors (Lipinski definition) is 0. The average molecular weight is 717 g/mol. The van der Waals surface area contributed by atoms with Crippen LogP contribution in [0.15, 0.2) is 194 Å². The minimum Gasteiger partial charge on any atom is -0.309 e. The van der Waals surface area contributed by atoms with Crippen LogP contribution >= 0.6 is 0 Å². The Kier molecular flexibility index (Phi) is 7.59. The third-order valence-electron chi connectivity index (χ3n) is 11.2. The van der Waals surface area contributed by atoms with Gasteiger partial charge < -0.3 is 9.13 Å². The second-order valence-corrected chi connectivity index (χ2v) is 14.5. The van der Waals surface area contributed by atoms with Gasteiger partial charge in [0.1, 0.15) is 0 Å². The van der Waals surface area contributed by atoms with Crippen molar-refractivity contribution in [2.24, 2.45) is 0 Å². The quantitative estimate of drug-likeness (QED) is 0.172. The third-order valence-corrected chi connectivity index (χ3v) is 11.2. The Labute approximate surface area is 325 Å². The summed E-state index contributed by atoms with van der Waals surface area (Å²) in [5.74, 6) is 0.771. The van der Waals surface area contributed by atoms with E-state index < -0.39 is 0 Å². The minimum atomic E-state index is 0.771.